The van der Waals surface area contributed by atoms with Crippen LogP contribution in [0.25, 0.3) is 0 Å². The van der Waals surface area contributed by atoms with Gasteiger partial charge < -0.3 is 9.47 Å². The monoisotopic (exact) mass is 180 g/mol. The van der Waals surface area contributed by atoms with E-state index in [1.165, 1.54) is 0 Å². The summed E-state index contributed by atoms with van der Waals surface area (Å²) >= 11 is 0. The van der Waals surface area contributed by atoms with Crippen LogP contribution in [0.5, 0.6) is 11.5 Å². The molecule has 0 radical (unpaired) electrons. The standard InChI is InChI=1S/C9H8O4/c1-3-5-13-9-7(11)6(10)8(9)12-4-2/h1H,4-5H2,2H3. The molecule has 68 valence electrons. The molecule has 4 heteroatoms. The van der Waals surface area contributed by atoms with E-state index in [1.807, 2.05) is 0 Å². The van der Waals surface area contributed by atoms with Crippen LogP contribution in [0, 0.1) is 12.3 Å². The van der Waals surface area contributed by atoms with Gasteiger partial charge in [-0.1, -0.05) is 5.92 Å². The van der Waals surface area contributed by atoms with Gasteiger partial charge in [0.05, 0.1) is 6.61 Å². The van der Waals surface area contributed by atoms with Crippen LogP contribution in [0.4, 0.5) is 0 Å². The topological polar surface area (TPSA) is 52.6 Å². The van der Waals surface area contributed by atoms with Gasteiger partial charge >= 0.3 is 0 Å². The second-order valence-electron chi connectivity index (χ2n) is 2.24. The van der Waals surface area contributed by atoms with Crippen LogP contribution in [-0.4, -0.2) is 13.2 Å². The lowest BCUT2D eigenvalue weighted by Gasteiger charge is -2.09. The van der Waals surface area contributed by atoms with Gasteiger partial charge in [-0.2, -0.15) is 0 Å². The minimum absolute atomic E-state index is 0.0113. The molecule has 0 aromatic heterocycles. The van der Waals surface area contributed by atoms with Gasteiger partial charge in [0.1, 0.15) is 6.61 Å². The number of hydrogen-bond acceptors (Lipinski definition) is 4. The van der Waals surface area contributed by atoms with Crippen LogP contribution in [0.15, 0.2) is 9.59 Å². The molecule has 1 aromatic rings. The van der Waals surface area contributed by atoms with Crippen molar-refractivity contribution < 1.29 is 9.47 Å². The van der Waals surface area contributed by atoms with Crippen molar-refractivity contribution in [3.63, 3.8) is 0 Å². The fraction of sp³-hybridized carbons (Fsp3) is 0.333. The molecule has 0 saturated carbocycles. The maximum Gasteiger partial charge on any atom is 0.275 e. The largest absolute Gasteiger partial charge is 0.486 e. The zero-order valence-electron chi connectivity index (χ0n) is 7.12. The first-order chi connectivity index (χ1) is 6.22. The van der Waals surface area contributed by atoms with E-state index in [0.29, 0.717) is 6.61 Å². The number of hydrogen-bond donors (Lipinski definition) is 0. The molecule has 0 aliphatic carbocycles. The highest BCUT2D eigenvalue weighted by Gasteiger charge is 2.23. The maximum absolute atomic E-state index is 10.9. The van der Waals surface area contributed by atoms with Crippen molar-refractivity contribution in [2.24, 2.45) is 0 Å². The highest BCUT2D eigenvalue weighted by Crippen LogP contribution is 2.19. The highest BCUT2D eigenvalue weighted by molar-refractivity contribution is 5.46. The van der Waals surface area contributed by atoms with Crippen molar-refractivity contribution in [1.82, 2.24) is 0 Å². The fourth-order valence-electron chi connectivity index (χ4n) is 0.870. The van der Waals surface area contributed by atoms with E-state index < -0.39 is 10.9 Å². The van der Waals surface area contributed by atoms with E-state index in [9.17, 15) is 9.59 Å². The molecule has 0 spiro atoms. The minimum atomic E-state index is -0.668. The molecule has 0 fully saturated rings. The zero-order valence-corrected chi connectivity index (χ0v) is 7.12. The quantitative estimate of drug-likeness (QED) is 0.471. The average Bonchev–Trinajstić information content (AvgIpc) is 2.16. The first-order valence-corrected chi connectivity index (χ1v) is 3.74. The van der Waals surface area contributed by atoms with E-state index in [-0.39, 0.29) is 18.1 Å². The first-order valence-electron chi connectivity index (χ1n) is 3.74. The molecule has 13 heavy (non-hydrogen) atoms. The summed E-state index contributed by atoms with van der Waals surface area (Å²) in [6.45, 7) is 1.99. The van der Waals surface area contributed by atoms with E-state index in [0.717, 1.165) is 0 Å². The lowest BCUT2D eigenvalue weighted by atomic mass is 10.2. The summed E-state index contributed by atoms with van der Waals surface area (Å²) in [5.74, 6) is 2.13. The normalized spacial score (nSPS) is 9.54. The number of terminal acetylenes is 1. The Bertz CT molecular complexity index is 404. The summed E-state index contributed by atoms with van der Waals surface area (Å²) in [5.41, 5.74) is -1.31. The van der Waals surface area contributed by atoms with Crippen molar-refractivity contribution in [1.29, 1.82) is 0 Å². The fourth-order valence-corrected chi connectivity index (χ4v) is 0.870. The summed E-state index contributed by atoms with van der Waals surface area (Å²) in [6, 6.07) is 0. The van der Waals surface area contributed by atoms with Crippen LogP contribution in [0.1, 0.15) is 6.92 Å². The van der Waals surface area contributed by atoms with Crippen molar-refractivity contribution in [3.8, 4) is 23.8 Å². The molecule has 0 aliphatic rings. The molecule has 4 nitrogen and oxygen atoms in total. The Labute approximate surface area is 74.8 Å². The summed E-state index contributed by atoms with van der Waals surface area (Å²) in [7, 11) is 0. The van der Waals surface area contributed by atoms with Crippen molar-refractivity contribution in [2.75, 3.05) is 13.2 Å². The average molecular weight is 180 g/mol. The molecule has 0 amide bonds. The lowest BCUT2D eigenvalue weighted by molar-refractivity contribution is 0.286. The Hall–Kier alpha value is -1.76. The van der Waals surface area contributed by atoms with Gasteiger partial charge in [0, 0.05) is 0 Å². The van der Waals surface area contributed by atoms with Crippen LogP contribution in [-0.2, 0) is 0 Å². The Morgan fingerprint density at radius 1 is 1.23 bits per heavy atom. The summed E-state index contributed by atoms with van der Waals surface area (Å²) in [6.07, 6.45) is 4.92. The van der Waals surface area contributed by atoms with Gasteiger partial charge in [0.15, 0.2) is 0 Å². The molecule has 0 N–H and O–H groups in total. The molecular formula is C9H8O4. The zero-order chi connectivity index (χ0) is 9.84. The van der Waals surface area contributed by atoms with Crippen LogP contribution in [0.2, 0.25) is 0 Å². The van der Waals surface area contributed by atoms with Gasteiger partial charge in [-0.05, 0) is 6.92 Å². The van der Waals surface area contributed by atoms with Crippen molar-refractivity contribution >= 4 is 0 Å². The highest BCUT2D eigenvalue weighted by atomic mass is 16.5. The van der Waals surface area contributed by atoms with Crippen LogP contribution < -0.4 is 20.3 Å². The van der Waals surface area contributed by atoms with E-state index in [1.54, 1.807) is 6.92 Å². The van der Waals surface area contributed by atoms with Gasteiger partial charge in [-0.3, -0.25) is 9.59 Å². The Balaban J connectivity index is 2.83. The van der Waals surface area contributed by atoms with E-state index in [4.69, 9.17) is 15.9 Å². The third kappa shape index (κ3) is 1.54. The molecule has 0 atom stereocenters. The van der Waals surface area contributed by atoms with Crippen LogP contribution in [0.3, 0.4) is 0 Å². The number of ether oxygens (including phenoxy) is 2. The predicted molar refractivity (Wildman–Crippen MR) is 46.9 cm³/mol. The number of rotatable bonds is 4. The Kier molecular flexibility index (Phi) is 2.70. The Morgan fingerprint density at radius 3 is 2.23 bits per heavy atom. The minimum Gasteiger partial charge on any atom is -0.486 e. The van der Waals surface area contributed by atoms with Gasteiger partial charge in [0.2, 0.25) is 11.5 Å². The van der Waals surface area contributed by atoms with E-state index in [2.05, 4.69) is 5.92 Å². The first kappa shape index (κ1) is 9.33. The van der Waals surface area contributed by atoms with Gasteiger partial charge in [-0.15, -0.1) is 6.42 Å². The summed E-state index contributed by atoms with van der Waals surface area (Å²) in [4.78, 5) is 21.7. The summed E-state index contributed by atoms with van der Waals surface area (Å²) in [5, 5.41) is 0. The maximum atomic E-state index is 10.9. The summed E-state index contributed by atoms with van der Waals surface area (Å²) < 4.78 is 9.71. The predicted octanol–water partition coefficient (Wildman–Crippen LogP) is -0.307. The third-order valence-electron chi connectivity index (χ3n) is 1.41. The second-order valence-corrected chi connectivity index (χ2v) is 2.24. The molecular weight excluding hydrogens is 172 g/mol. The van der Waals surface area contributed by atoms with Crippen molar-refractivity contribution in [3.05, 3.63) is 20.4 Å². The molecule has 0 saturated heterocycles. The van der Waals surface area contributed by atoms with Gasteiger partial charge in [0.25, 0.3) is 10.9 Å². The van der Waals surface area contributed by atoms with Crippen molar-refractivity contribution in [2.45, 2.75) is 6.92 Å². The molecule has 0 aliphatic heterocycles. The SMILES string of the molecule is C#CCOc1c(OCC)c(=O)c1=O. The Morgan fingerprint density at radius 2 is 1.77 bits per heavy atom. The molecule has 1 rings (SSSR count). The van der Waals surface area contributed by atoms with Gasteiger partial charge in [-0.25, -0.2) is 0 Å². The van der Waals surface area contributed by atoms with E-state index >= 15 is 0 Å². The molecule has 0 unspecified atom stereocenters. The lowest BCUT2D eigenvalue weighted by Crippen LogP contribution is -2.34. The second kappa shape index (κ2) is 3.76. The smallest absolute Gasteiger partial charge is 0.275 e. The third-order valence-corrected chi connectivity index (χ3v) is 1.41. The molecule has 0 heterocycles. The molecule has 1 aromatic carbocycles. The van der Waals surface area contributed by atoms with Crippen LogP contribution >= 0.6 is 0 Å². The molecule has 0 bridgehead atoms.